The molecule has 0 unspecified atom stereocenters. The molecule has 0 spiro atoms. The minimum absolute atomic E-state index is 0.134. The van der Waals surface area contributed by atoms with Crippen molar-refractivity contribution < 1.29 is 9.59 Å². The molecule has 2 amide bonds. The maximum atomic E-state index is 12.2. The van der Waals surface area contributed by atoms with E-state index in [1.54, 1.807) is 10.9 Å². The van der Waals surface area contributed by atoms with Crippen molar-refractivity contribution in [1.82, 2.24) is 25.2 Å². The summed E-state index contributed by atoms with van der Waals surface area (Å²) >= 11 is 0. The summed E-state index contributed by atoms with van der Waals surface area (Å²) in [6.45, 7) is 3.71. The first kappa shape index (κ1) is 17.1. The summed E-state index contributed by atoms with van der Waals surface area (Å²) < 4.78 is 1.66. The fraction of sp³-hybridized carbons (Fsp3) is 0.444. The summed E-state index contributed by atoms with van der Waals surface area (Å²) in [6.07, 6.45) is 4.13. The van der Waals surface area contributed by atoms with E-state index in [9.17, 15) is 9.59 Å². The highest BCUT2D eigenvalue weighted by molar-refractivity contribution is 5.91. The predicted molar refractivity (Wildman–Crippen MR) is 92.7 cm³/mol. The van der Waals surface area contributed by atoms with Crippen LogP contribution in [-0.4, -0.2) is 44.3 Å². The molecule has 7 nitrogen and oxygen atoms in total. The highest BCUT2D eigenvalue weighted by atomic mass is 16.2. The topological polar surface area (TPSA) is 80.1 Å². The summed E-state index contributed by atoms with van der Waals surface area (Å²) in [7, 11) is 0. The molecule has 1 aromatic carbocycles. The summed E-state index contributed by atoms with van der Waals surface area (Å²) in [5, 5.41) is 10.8. The summed E-state index contributed by atoms with van der Waals surface area (Å²) in [5.41, 5.74) is 1.32. The van der Waals surface area contributed by atoms with Gasteiger partial charge in [0.25, 0.3) is 5.91 Å². The lowest BCUT2D eigenvalue weighted by Crippen LogP contribution is -2.37. The molecule has 0 saturated carbocycles. The molecule has 1 atom stereocenters. The van der Waals surface area contributed by atoms with Crippen molar-refractivity contribution in [2.24, 2.45) is 0 Å². The lowest BCUT2D eigenvalue weighted by molar-refractivity contribution is -0.131. The average Bonchev–Trinajstić information content (AvgIpc) is 3.30. The van der Waals surface area contributed by atoms with E-state index in [0.717, 1.165) is 24.9 Å². The summed E-state index contributed by atoms with van der Waals surface area (Å²) in [4.78, 5) is 26.1. The van der Waals surface area contributed by atoms with Crippen molar-refractivity contribution in [3.8, 4) is 0 Å². The SMILES string of the molecule is CCC(=O)N1CCC[C@H]1Cn1cc(C(=O)NCc2ccccc2)nn1. The van der Waals surface area contributed by atoms with Gasteiger partial charge >= 0.3 is 0 Å². The van der Waals surface area contributed by atoms with Gasteiger partial charge in [-0.05, 0) is 18.4 Å². The molecule has 0 aliphatic carbocycles. The lowest BCUT2D eigenvalue weighted by atomic mass is 10.2. The van der Waals surface area contributed by atoms with Gasteiger partial charge in [0.2, 0.25) is 5.91 Å². The van der Waals surface area contributed by atoms with Crippen molar-refractivity contribution in [2.75, 3.05) is 6.54 Å². The number of amides is 2. The fourth-order valence-corrected chi connectivity index (χ4v) is 3.13. The van der Waals surface area contributed by atoms with Crippen LogP contribution in [0.1, 0.15) is 42.2 Å². The number of aromatic nitrogens is 3. The molecule has 1 fully saturated rings. The Bertz CT molecular complexity index is 728. The van der Waals surface area contributed by atoms with E-state index >= 15 is 0 Å². The standard InChI is InChI=1S/C18H23N5O2/c1-2-17(24)23-10-6-9-15(23)12-22-13-16(20-21-22)18(25)19-11-14-7-4-3-5-8-14/h3-5,7-8,13,15H,2,6,9-12H2,1H3,(H,19,25)/t15-/m0/s1. The Kier molecular flexibility index (Phi) is 5.42. The number of rotatable bonds is 6. The molecular formula is C18H23N5O2. The van der Waals surface area contributed by atoms with Gasteiger partial charge in [0.1, 0.15) is 0 Å². The highest BCUT2D eigenvalue weighted by Crippen LogP contribution is 2.19. The first-order valence-corrected chi connectivity index (χ1v) is 8.69. The molecule has 0 radical (unpaired) electrons. The van der Waals surface area contributed by atoms with E-state index in [0.29, 0.717) is 25.2 Å². The van der Waals surface area contributed by atoms with Gasteiger partial charge in [-0.2, -0.15) is 0 Å². The van der Waals surface area contributed by atoms with Crippen LogP contribution in [0.5, 0.6) is 0 Å². The van der Waals surface area contributed by atoms with E-state index < -0.39 is 0 Å². The number of hydrogen-bond donors (Lipinski definition) is 1. The number of carbonyl (C=O) groups is 2. The zero-order valence-electron chi connectivity index (χ0n) is 14.4. The second-order valence-electron chi connectivity index (χ2n) is 6.23. The molecular weight excluding hydrogens is 318 g/mol. The second kappa shape index (κ2) is 7.92. The normalized spacial score (nSPS) is 16.8. The van der Waals surface area contributed by atoms with Crippen LogP contribution in [0.4, 0.5) is 0 Å². The monoisotopic (exact) mass is 341 g/mol. The third kappa shape index (κ3) is 4.23. The van der Waals surface area contributed by atoms with Crippen LogP contribution in [0, 0.1) is 0 Å². The maximum Gasteiger partial charge on any atom is 0.273 e. The van der Waals surface area contributed by atoms with Gasteiger partial charge in [-0.3, -0.25) is 9.59 Å². The number of nitrogens with zero attached hydrogens (tertiary/aromatic N) is 4. The number of carbonyl (C=O) groups excluding carboxylic acids is 2. The van der Waals surface area contributed by atoms with Crippen molar-refractivity contribution in [1.29, 1.82) is 0 Å². The van der Waals surface area contributed by atoms with Crippen LogP contribution in [-0.2, 0) is 17.9 Å². The Morgan fingerprint density at radius 1 is 1.28 bits per heavy atom. The lowest BCUT2D eigenvalue weighted by Gasteiger charge is -2.23. The number of nitrogens with one attached hydrogen (secondary N) is 1. The third-order valence-corrected chi connectivity index (χ3v) is 4.46. The molecule has 2 heterocycles. The van der Waals surface area contributed by atoms with Crippen molar-refractivity contribution in [2.45, 2.75) is 45.3 Å². The van der Waals surface area contributed by atoms with Crippen LogP contribution >= 0.6 is 0 Å². The molecule has 1 saturated heterocycles. The number of hydrogen-bond acceptors (Lipinski definition) is 4. The Labute approximate surface area is 147 Å². The van der Waals surface area contributed by atoms with Gasteiger partial charge in [0, 0.05) is 19.5 Å². The second-order valence-corrected chi connectivity index (χ2v) is 6.23. The Hall–Kier alpha value is -2.70. The van der Waals surface area contributed by atoms with Crippen molar-refractivity contribution in [3.05, 3.63) is 47.8 Å². The van der Waals surface area contributed by atoms with Crippen LogP contribution < -0.4 is 5.32 Å². The molecule has 1 aromatic heterocycles. The maximum absolute atomic E-state index is 12.2. The Morgan fingerprint density at radius 3 is 2.84 bits per heavy atom. The van der Waals surface area contributed by atoms with E-state index in [4.69, 9.17) is 0 Å². The first-order valence-electron chi connectivity index (χ1n) is 8.69. The first-order chi connectivity index (χ1) is 12.2. The molecule has 1 aliphatic heterocycles. The van der Waals surface area contributed by atoms with E-state index in [1.807, 2.05) is 42.2 Å². The Balaban J connectivity index is 1.56. The van der Waals surface area contributed by atoms with Gasteiger partial charge in [0.15, 0.2) is 5.69 Å². The van der Waals surface area contributed by atoms with Crippen LogP contribution in [0.15, 0.2) is 36.5 Å². The Morgan fingerprint density at radius 2 is 2.08 bits per heavy atom. The quantitative estimate of drug-likeness (QED) is 0.866. The van der Waals surface area contributed by atoms with Gasteiger partial charge in [-0.25, -0.2) is 4.68 Å². The zero-order chi connectivity index (χ0) is 17.6. The molecule has 1 aliphatic rings. The van der Waals surface area contributed by atoms with Gasteiger partial charge < -0.3 is 10.2 Å². The molecule has 25 heavy (non-hydrogen) atoms. The van der Waals surface area contributed by atoms with Crippen LogP contribution in [0.3, 0.4) is 0 Å². The van der Waals surface area contributed by atoms with E-state index in [1.165, 1.54) is 0 Å². The number of likely N-dealkylation sites (tertiary alicyclic amines) is 1. The minimum atomic E-state index is -0.247. The predicted octanol–water partition coefficient (Wildman–Crippen LogP) is 1.61. The van der Waals surface area contributed by atoms with Crippen molar-refractivity contribution in [3.63, 3.8) is 0 Å². The van der Waals surface area contributed by atoms with E-state index in [-0.39, 0.29) is 17.9 Å². The molecule has 3 rings (SSSR count). The minimum Gasteiger partial charge on any atom is -0.347 e. The zero-order valence-corrected chi connectivity index (χ0v) is 14.4. The molecule has 0 bridgehead atoms. The molecule has 7 heteroatoms. The van der Waals surface area contributed by atoms with Crippen molar-refractivity contribution >= 4 is 11.8 Å². The average molecular weight is 341 g/mol. The van der Waals surface area contributed by atoms with Gasteiger partial charge in [-0.1, -0.05) is 42.5 Å². The molecule has 1 N–H and O–H groups in total. The highest BCUT2D eigenvalue weighted by Gasteiger charge is 2.28. The van der Waals surface area contributed by atoms with Crippen LogP contribution in [0.25, 0.3) is 0 Å². The third-order valence-electron chi connectivity index (χ3n) is 4.46. The smallest absolute Gasteiger partial charge is 0.273 e. The fourth-order valence-electron chi connectivity index (χ4n) is 3.13. The summed E-state index contributed by atoms with van der Waals surface area (Å²) in [5.74, 6) is -0.0774. The van der Waals surface area contributed by atoms with E-state index in [2.05, 4.69) is 15.6 Å². The van der Waals surface area contributed by atoms with Gasteiger partial charge in [0.05, 0.1) is 18.8 Å². The van der Waals surface area contributed by atoms with Crippen LogP contribution in [0.2, 0.25) is 0 Å². The largest absolute Gasteiger partial charge is 0.347 e. The van der Waals surface area contributed by atoms with Gasteiger partial charge in [-0.15, -0.1) is 5.10 Å². The summed E-state index contributed by atoms with van der Waals surface area (Å²) in [6, 6.07) is 9.85. The number of benzene rings is 1. The molecule has 132 valence electrons. The molecule has 2 aromatic rings.